The fraction of sp³-hybridized carbons (Fsp3) is 0.560. The molecule has 0 spiro atoms. The molecule has 0 amide bonds. The van der Waals surface area contributed by atoms with Crippen LogP contribution in [0, 0.1) is 0 Å². The van der Waals surface area contributed by atoms with Gasteiger partial charge in [-0.2, -0.15) is 0 Å². The highest BCUT2D eigenvalue weighted by atomic mass is 16.1. The zero-order valence-electron chi connectivity index (χ0n) is 18.3. The second kappa shape index (κ2) is 18.2. The van der Waals surface area contributed by atoms with Gasteiger partial charge < -0.3 is 0 Å². The van der Waals surface area contributed by atoms with Crippen molar-refractivity contribution in [2.24, 2.45) is 0 Å². The number of unbranched alkanes of at least 4 members (excludes halogenated alkanes) is 1. The second-order valence-electron chi connectivity index (χ2n) is 6.37. The first-order valence-electron chi connectivity index (χ1n) is 10.4. The number of carbonyl (C=O) groups is 1. The Morgan fingerprint density at radius 2 is 1.46 bits per heavy atom. The molecule has 0 fully saturated rings. The van der Waals surface area contributed by atoms with Crippen LogP contribution in [0.5, 0.6) is 0 Å². The minimum absolute atomic E-state index is 0.316. The molecule has 0 aromatic heterocycles. The van der Waals surface area contributed by atoms with Gasteiger partial charge in [-0.25, -0.2) is 0 Å². The van der Waals surface area contributed by atoms with Crippen LogP contribution in [0.1, 0.15) is 96.8 Å². The van der Waals surface area contributed by atoms with Gasteiger partial charge in [0.2, 0.25) is 0 Å². The Morgan fingerprint density at radius 3 is 1.92 bits per heavy atom. The lowest BCUT2D eigenvalue weighted by atomic mass is 9.93. The highest BCUT2D eigenvalue weighted by Gasteiger charge is 2.09. The summed E-state index contributed by atoms with van der Waals surface area (Å²) in [6, 6.07) is 6.27. The summed E-state index contributed by atoms with van der Waals surface area (Å²) in [7, 11) is 0. The lowest BCUT2D eigenvalue weighted by molar-refractivity contribution is -0.118. The van der Waals surface area contributed by atoms with E-state index in [0.717, 1.165) is 36.8 Å². The molecule has 26 heavy (non-hydrogen) atoms. The molecule has 1 aromatic rings. The summed E-state index contributed by atoms with van der Waals surface area (Å²) >= 11 is 0. The molecule has 0 aliphatic rings. The third-order valence-electron chi connectivity index (χ3n) is 3.93. The molecule has 0 aliphatic carbocycles. The molecule has 148 valence electrons. The smallest absolute Gasteiger partial charge is 0.137 e. The van der Waals surface area contributed by atoms with Crippen molar-refractivity contribution in [1.29, 1.82) is 0 Å². The summed E-state index contributed by atoms with van der Waals surface area (Å²) in [6.45, 7) is 20.5. The number of carbonyl (C=O) groups excluding carboxylic acids is 1. The Kier molecular flexibility index (Phi) is 18.6. The standard InChI is InChI=1S/C19H26O.C4H10.C2H6/c1-5-8-15(4)12-17-11-10-16(7-3)13-18(17)14-19(20)9-6-2;1-3-4-2;1-2/h7,10-11,13H,3-6,8-9,12,14H2,1-2H3;3-4H2,1-2H3;1-2H3. The molecule has 0 saturated heterocycles. The fourth-order valence-corrected chi connectivity index (χ4v) is 2.40. The van der Waals surface area contributed by atoms with Crippen LogP contribution >= 0.6 is 0 Å². The van der Waals surface area contributed by atoms with Gasteiger partial charge in [0.25, 0.3) is 0 Å². The largest absolute Gasteiger partial charge is 0.299 e. The summed E-state index contributed by atoms with van der Waals surface area (Å²) in [4.78, 5) is 11.9. The zero-order valence-corrected chi connectivity index (χ0v) is 18.3. The van der Waals surface area contributed by atoms with Crippen molar-refractivity contribution in [3.8, 4) is 0 Å². The van der Waals surface area contributed by atoms with E-state index >= 15 is 0 Å². The van der Waals surface area contributed by atoms with Gasteiger partial charge in [-0.3, -0.25) is 4.79 Å². The Morgan fingerprint density at radius 1 is 0.885 bits per heavy atom. The number of rotatable bonds is 10. The van der Waals surface area contributed by atoms with Crippen molar-refractivity contribution in [2.45, 2.75) is 92.9 Å². The van der Waals surface area contributed by atoms with E-state index in [4.69, 9.17) is 0 Å². The van der Waals surface area contributed by atoms with Crippen molar-refractivity contribution < 1.29 is 4.79 Å². The fourth-order valence-electron chi connectivity index (χ4n) is 2.40. The van der Waals surface area contributed by atoms with Gasteiger partial charge in [-0.1, -0.05) is 104 Å². The summed E-state index contributed by atoms with van der Waals surface area (Å²) < 4.78 is 0. The van der Waals surface area contributed by atoms with E-state index in [0.29, 0.717) is 18.6 Å². The predicted octanol–water partition coefficient (Wildman–Crippen LogP) is 7.97. The number of hydrogen-bond donors (Lipinski definition) is 0. The summed E-state index contributed by atoms with van der Waals surface area (Å²) in [5.41, 5.74) is 4.69. The summed E-state index contributed by atoms with van der Waals surface area (Å²) in [6.07, 6.45) is 9.62. The normalized spacial score (nSPS) is 9.31. The molecule has 0 heterocycles. The Hall–Kier alpha value is -1.63. The van der Waals surface area contributed by atoms with Gasteiger partial charge in [0.1, 0.15) is 5.78 Å². The molecule has 0 N–H and O–H groups in total. The maximum atomic E-state index is 11.9. The average molecular weight is 359 g/mol. The minimum atomic E-state index is 0.316. The maximum Gasteiger partial charge on any atom is 0.137 e. The van der Waals surface area contributed by atoms with Crippen LogP contribution in [-0.4, -0.2) is 5.78 Å². The van der Waals surface area contributed by atoms with Gasteiger partial charge >= 0.3 is 0 Å². The van der Waals surface area contributed by atoms with E-state index in [1.54, 1.807) is 0 Å². The van der Waals surface area contributed by atoms with Crippen molar-refractivity contribution in [3.05, 3.63) is 53.6 Å². The molecule has 1 rings (SSSR count). The lowest BCUT2D eigenvalue weighted by Crippen LogP contribution is -2.06. The van der Waals surface area contributed by atoms with Crippen LogP contribution in [0.4, 0.5) is 0 Å². The topological polar surface area (TPSA) is 17.1 Å². The minimum Gasteiger partial charge on any atom is -0.299 e. The van der Waals surface area contributed by atoms with Crippen molar-refractivity contribution in [2.75, 3.05) is 0 Å². The third-order valence-corrected chi connectivity index (χ3v) is 3.93. The predicted molar refractivity (Wildman–Crippen MR) is 120 cm³/mol. The third kappa shape index (κ3) is 12.7. The van der Waals surface area contributed by atoms with Crippen LogP contribution in [0.25, 0.3) is 6.08 Å². The number of ketones is 1. The molecule has 0 atom stereocenters. The summed E-state index contributed by atoms with van der Waals surface area (Å²) in [5, 5.41) is 0. The second-order valence-corrected chi connectivity index (χ2v) is 6.37. The molecule has 0 bridgehead atoms. The van der Waals surface area contributed by atoms with Gasteiger partial charge in [-0.15, -0.1) is 0 Å². The van der Waals surface area contributed by atoms with E-state index < -0.39 is 0 Å². The van der Waals surface area contributed by atoms with Crippen LogP contribution in [-0.2, 0) is 17.6 Å². The molecule has 0 unspecified atom stereocenters. The van der Waals surface area contributed by atoms with Crippen molar-refractivity contribution in [3.63, 3.8) is 0 Å². The Bertz CT molecular complexity index is 509. The van der Waals surface area contributed by atoms with Gasteiger partial charge in [0.15, 0.2) is 0 Å². The quantitative estimate of drug-likeness (QED) is 0.387. The maximum absolute atomic E-state index is 11.9. The van der Waals surface area contributed by atoms with E-state index in [2.05, 4.69) is 52.1 Å². The number of benzene rings is 1. The number of Topliss-reactive ketones (excluding diaryl/α,β-unsaturated/α-hetero) is 1. The average Bonchev–Trinajstić information content (AvgIpc) is 2.65. The highest BCUT2D eigenvalue weighted by Crippen LogP contribution is 2.19. The molecule has 1 heteroatoms. The number of allylic oxidation sites excluding steroid dienone is 1. The van der Waals surface area contributed by atoms with E-state index in [1.165, 1.54) is 24.0 Å². The van der Waals surface area contributed by atoms with Crippen molar-refractivity contribution >= 4 is 11.9 Å². The zero-order chi connectivity index (χ0) is 20.4. The Balaban J connectivity index is 0. The van der Waals surface area contributed by atoms with Crippen LogP contribution in [0.15, 0.2) is 36.9 Å². The molecule has 0 saturated carbocycles. The van der Waals surface area contributed by atoms with E-state index in [9.17, 15) is 4.79 Å². The monoisotopic (exact) mass is 358 g/mol. The first kappa shape index (κ1) is 26.6. The molecular formula is C25H42O. The lowest BCUT2D eigenvalue weighted by Gasteiger charge is -2.12. The molecule has 0 aliphatic heterocycles. The molecule has 1 nitrogen and oxygen atoms in total. The van der Waals surface area contributed by atoms with Crippen LogP contribution < -0.4 is 0 Å². The number of hydrogen-bond acceptors (Lipinski definition) is 1. The molecular weight excluding hydrogens is 316 g/mol. The summed E-state index contributed by atoms with van der Waals surface area (Å²) in [5.74, 6) is 0.316. The Labute approximate surface area is 163 Å². The van der Waals surface area contributed by atoms with Gasteiger partial charge in [0, 0.05) is 12.8 Å². The SMILES string of the molecule is C=Cc1ccc(CC(=C)CCC)c(CC(=O)CCC)c1.CC.CCCC. The molecule has 1 aromatic carbocycles. The highest BCUT2D eigenvalue weighted by molar-refractivity contribution is 5.81. The van der Waals surface area contributed by atoms with Crippen molar-refractivity contribution in [1.82, 2.24) is 0 Å². The molecule has 0 radical (unpaired) electrons. The first-order valence-corrected chi connectivity index (χ1v) is 10.4. The van der Waals surface area contributed by atoms with Crippen LogP contribution in [0.3, 0.4) is 0 Å². The van der Waals surface area contributed by atoms with E-state index in [-0.39, 0.29) is 0 Å². The van der Waals surface area contributed by atoms with Gasteiger partial charge in [0.05, 0.1) is 0 Å². The van der Waals surface area contributed by atoms with Gasteiger partial charge in [-0.05, 0) is 36.0 Å². The first-order chi connectivity index (χ1) is 12.5. The van der Waals surface area contributed by atoms with Crippen LogP contribution in [0.2, 0.25) is 0 Å². The van der Waals surface area contributed by atoms with E-state index in [1.807, 2.05) is 26.8 Å².